The maximum atomic E-state index is 11.8. The van der Waals surface area contributed by atoms with Gasteiger partial charge in [0.05, 0.1) is 0 Å². The summed E-state index contributed by atoms with van der Waals surface area (Å²) >= 11 is 0. The van der Waals surface area contributed by atoms with Crippen LogP contribution < -0.4 is 4.74 Å². The van der Waals surface area contributed by atoms with Crippen molar-refractivity contribution >= 4 is 0 Å². The van der Waals surface area contributed by atoms with Crippen LogP contribution in [0.4, 0.5) is 13.2 Å². The molecule has 0 bridgehead atoms. The monoisotopic (exact) mass is 200 g/mol. The largest absolute Gasteiger partial charge is 0.573 e. The lowest BCUT2D eigenvalue weighted by Gasteiger charge is -2.08. The van der Waals surface area contributed by atoms with Crippen molar-refractivity contribution in [2.75, 3.05) is 0 Å². The standard InChI is InChI=1S/C10H7F3O/c1-2-4-8-5-3-6-9(7-8)14-10(11,12)13/h3,5-7H,1H3. The average molecular weight is 200 g/mol. The van der Waals surface area contributed by atoms with Crippen LogP contribution in [0.5, 0.6) is 5.75 Å². The molecule has 0 unspecified atom stereocenters. The average Bonchev–Trinajstić information content (AvgIpc) is 2.02. The summed E-state index contributed by atoms with van der Waals surface area (Å²) in [7, 11) is 0. The molecule has 0 heterocycles. The lowest BCUT2D eigenvalue weighted by atomic mass is 10.2. The van der Waals surface area contributed by atoms with E-state index in [0.29, 0.717) is 5.56 Å². The minimum atomic E-state index is -4.65. The van der Waals surface area contributed by atoms with Crippen molar-refractivity contribution in [1.29, 1.82) is 0 Å². The molecule has 0 fully saturated rings. The van der Waals surface area contributed by atoms with Gasteiger partial charge in [0.15, 0.2) is 0 Å². The van der Waals surface area contributed by atoms with Crippen molar-refractivity contribution < 1.29 is 17.9 Å². The van der Waals surface area contributed by atoms with Gasteiger partial charge in [-0.2, -0.15) is 0 Å². The molecular formula is C10H7F3O. The second-order valence-electron chi connectivity index (χ2n) is 2.45. The van der Waals surface area contributed by atoms with Crippen molar-refractivity contribution in [1.82, 2.24) is 0 Å². The van der Waals surface area contributed by atoms with Crippen LogP contribution in [0, 0.1) is 11.8 Å². The highest BCUT2D eigenvalue weighted by molar-refractivity contribution is 5.39. The minimum absolute atomic E-state index is 0.252. The zero-order valence-electron chi connectivity index (χ0n) is 7.35. The maximum absolute atomic E-state index is 11.8. The van der Waals surface area contributed by atoms with Crippen LogP contribution in [0.3, 0.4) is 0 Å². The molecule has 1 nitrogen and oxygen atoms in total. The first kappa shape index (κ1) is 10.5. The Bertz CT molecular complexity index is 371. The van der Waals surface area contributed by atoms with Crippen LogP contribution in [-0.4, -0.2) is 6.36 Å². The van der Waals surface area contributed by atoms with Gasteiger partial charge >= 0.3 is 6.36 Å². The first-order valence-electron chi connectivity index (χ1n) is 3.80. The lowest BCUT2D eigenvalue weighted by molar-refractivity contribution is -0.274. The van der Waals surface area contributed by atoms with Gasteiger partial charge in [0.25, 0.3) is 0 Å². The molecule has 1 rings (SSSR count). The van der Waals surface area contributed by atoms with E-state index < -0.39 is 6.36 Å². The van der Waals surface area contributed by atoms with Gasteiger partial charge in [0.2, 0.25) is 0 Å². The molecular weight excluding hydrogens is 193 g/mol. The summed E-state index contributed by atoms with van der Waals surface area (Å²) < 4.78 is 39.1. The van der Waals surface area contributed by atoms with Gasteiger partial charge in [0, 0.05) is 5.56 Å². The molecule has 0 aromatic heterocycles. The molecule has 0 radical (unpaired) electrons. The van der Waals surface area contributed by atoms with Crippen LogP contribution in [0.25, 0.3) is 0 Å². The highest BCUT2D eigenvalue weighted by Crippen LogP contribution is 2.22. The highest BCUT2D eigenvalue weighted by atomic mass is 19.4. The van der Waals surface area contributed by atoms with E-state index in [4.69, 9.17) is 0 Å². The van der Waals surface area contributed by atoms with Crippen LogP contribution in [0.2, 0.25) is 0 Å². The molecule has 0 aliphatic carbocycles. The number of hydrogen-bond acceptors (Lipinski definition) is 1. The molecule has 0 aliphatic heterocycles. The molecule has 0 aliphatic rings. The smallest absolute Gasteiger partial charge is 0.406 e. The summed E-state index contributed by atoms with van der Waals surface area (Å²) in [6.07, 6.45) is -4.65. The van der Waals surface area contributed by atoms with Gasteiger partial charge in [0.1, 0.15) is 5.75 Å². The maximum Gasteiger partial charge on any atom is 0.573 e. The van der Waals surface area contributed by atoms with E-state index in [1.165, 1.54) is 18.2 Å². The fourth-order valence-corrected chi connectivity index (χ4v) is 0.915. The summed E-state index contributed by atoms with van der Waals surface area (Å²) in [6.45, 7) is 1.61. The Morgan fingerprint density at radius 1 is 1.29 bits per heavy atom. The third-order valence-corrected chi connectivity index (χ3v) is 1.34. The van der Waals surface area contributed by atoms with Crippen LogP contribution in [-0.2, 0) is 0 Å². The number of hydrogen-bond donors (Lipinski definition) is 0. The van der Waals surface area contributed by atoms with Gasteiger partial charge < -0.3 is 4.74 Å². The number of halogens is 3. The highest BCUT2D eigenvalue weighted by Gasteiger charge is 2.30. The van der Waals surface area contributed by atoms with Crippen molar-refractivity contribution in [3.8, 4) is 17.6 Å². The van der Waals surface area contributed by atoms with E-state index in [2.05, 4.69) is 16.6 Å². The van der Waals surface area contributed by atoms with Gasteiger partial charge in [-0.15, -0.1) is 19.1 Å². The lowest BCUT2D eigenvalue weighted by Crippen LogP contribution is -2.17. The summed E-state index contributed by atoms with van der Waals surface area (Å²) in [5, 5.41) is 0. The predicted molar refractivity (Wildman–Crippen MR) is 45.7 cm³/mol. The van der Waals surface area contributed by atoms with Crippen LogP contribution >= 0.6 is 0 Å². The number of alkyl halides is 3. The van der Waals surface area contributed by atoms with Crippen LogP contribution in [0.1, 0.15) is 12.5 Å². The Hall–Kier alpha value is -1.63. The van der Waals surface area contributed by atoms with Gasteiger partial charge in [-0.25, -0.2) is 0 Å². The summed E-state index contributed by atoms with van der Waals surface area (Å²) in [5.74, 6) is 4.97. The third kappa shape index (κ3) is 3.40. The van der Waals surface area contributed by atoms with E-state index in [1.54, 1.807) is 13.0 Å². The van der Waals surface area contributed by atoms with Gasteiger partial charge in [-0.05, 0) is 25.1 Å². The molecule has 0 atom stereocenters. The summed E-state index contributed by atoms with van der Waals surface area (Å²) in [4.78, 5) is 0. The Morgan fingerprint density at radius 2 is 2.00 bits per heavy atom. The van der Waals surface area contributed by atoms with Crippen molar-refractivity contribution in [3.05, 3.63) is 29.8 Å². The van der Waals surface area contributed by atoms with Crippen LogP contribution in [0.15, 0.2) is 24.3 Å². The topological polar surface area (TPSA) is 9.23 Å². The Kier molecular flexibility index (Phi) is 3.03. The Balaban J connectivity index is 2.87. The predicted octanol–water partition coefficient (Wildman–Crippen LogP) is 2.96. The zero-order valence-corrected chi connectivity index (χ0v) is 7.35. The van der Waals surface area contributed by atoms with Gasteiger partial charge in [-0.3, -0.25) is 0 Å². The molecule has 1 aromatic carbocycles. The molecule has 0 saturated heterocycles. The van der Waals surface area contributed by atoms with E-state index in [-0.39, 0.29) is 5.75 Å². The van der Waals surface area contributed by atoms with Crippen molar-refractivity contribution in [2.24, 2.45) is 0 Å². The normalized spacial score (nSPS) is 10.3. The van der Waals surface area contributed by atoms with E-state index in [9.17, 15) is 13.2 Å². The molecule has 1 aromatic rings. The Labute approximate surface area is 79.5 Å². The van der Waals surface area contributed by atoms with Crippen molar-refractivity contribution in [2.45, 2.75) is 13.3 Å². The molecule has 14 heavy (non-hydrogen) atoms. The second kappa shape index (κ2) is 4.05. The Morgan fingerprint density at radius 3 is 2.57 bits per heavy atom. The summed E-state index contributed by atoms with van der Waals surface area (Å²) in [5.41, 5.74) is 0.495. The molecule has 0 spiro atoms. The van der Waals surface area contributed by atoms with E-state index in [0.717, 1.165) is 0 Å². The number of rotatable bonds is 1. The quantitative estimate of drug-likeness (QED) is 0.633. The minimum Gasteiger partial charge on any atom is -0.406 e. The van der Waals surface area contributed by atoms with Gasteiger partial charge in [-0.1, -0.05) is 12.0 Å². The van der Waals surface area contributed by atoms with E-state index in [1.807, 2.05) is 0 Å². The van der Waals surface area contributed by atoms with Crippen molar-refractivity contribution in [3.63, 3.8) is 0 Å². The fourth-order valence-electron chi connectivity index (χ4n) is 0.915. The third-order valence-electron chi connectivity index (χ3n) is 1.34. The SMILES string of the molecule is CC#Cc1cccc(OC(F)(F)F)c1. The van der Waals surface area contributed by atoms with E-state index >= 15 is 0 Å². The molecule has 4 heteroatoms. The summed E-state index contributed by atoms with van der Waals surface area (Å²) in [6, 6.07) is 5.54. The molecule has 0 amide bonds. The fraction of sp³-hybridized carbons (Fsp3) is 0.200. The zero-order chi connectivity index (χ0) is 10.6. The number of benzene rings is 1. The first-order valence-corrected chi connectivity index (χ1v) is 3.80. The molecule has 0 N–H and O–H groups in total. The first-order chi connectivity index (χ1) is 6.51. The molecule has 74 valence electrons. The second-order valence-corrected chi connectivity index (χ2v) is 2.45. The molecule has 0 saturated carbocycles. The number of ether oxygens (including phenoxy) is 1.